The van der Waals surface area contributed by atoms with Gasteiger partial charge in [0.1, 0.15) is 0 Å². The van der Waals surface area contributed by atoms with Gasteiger partial charge in [0.25, 0.3) is 0 Å². The maximum absolute atomic E-state index is 5.24. The molecule has 1 aromatic carbocycles. The van der Waals surface area contributed by atoms with E-state index < -0.39 is 0 Å². The minimum atomic E-state index is -0.0335. The highest BCUT2D eigenvalue weighted by Crippen LogP contribution is 2.09. The van der Waals surface area contributed by atoms with Crippen molar-refractivity contribution in [3.8, 4) is 0 Å². The standard InChI is InChI=1S/C14H23N5/c1-3-4-9-19(2)11-13-8-6-5-7-12(13)10-17-18-14(15)16/h5-8,10H,3-4,9,11H2,1-2H3,(H4,15,16,18). The van der Waals surface area contributed by atoms with Crippen molar-refractivity contribution in [3.05, 3.63) is 35.4 Å². The molecule has 19 heavy (non-hydrogen) atoms. The number of nitrogens with zero attached hydrogens (tertiary/aromatic N) is 3. The Morgan fingerprint density at radius 3 is 2.74 bits per heavy atom. The number of unbranched alkanes of at least 4 members (excludes halogenated alkanes) is 1. The molecule has 0 saturated carbocycles. The summed E-state index contributed by atoms with van der Waals surface area (Å²) in [5, 5.41) is 7.48. The highest BCUT2D eigenvalue weighted by molar-refractivity contribution is 5.83. The van der Waals surface area contributed by atoms with Crippen molar-refractivity contribution in [2.24, 2.45) is 21.7 Å². The van der Waals surface area contributed by atoms with Crippen molar-refractivity contribution < 1.29 is 0 Å². The van der Waals surface area contributed by atoms with Crippen molar-refractivity contribution in [2.75, 3.05) is 13.6 Å². The van der Waals surface area contributed by atoms with Crippen LogP contribution in [0.4, 0.5) is 0 Å². The molecule has 0 amide bonds. The zero-order chi connectivity index (χ0) is 14.1. The van der Waals surface area contributed by atoms with Crippen LogP contribution in [-0.2, 0) is 6.54 Å². The largest absolute Gasteiger partial charge is 0.369 e. The molecule has 5 nitrogen and oxygen atoms in total. The van der Waals surface area contributed by atoms with E-state index in [0.29, 0.717) is 0 Å². The van der Waals surface area contributed by atoms with E-state index in [1.807, 2.05) is 18.2 Å². The van der Waals surface area contributed by atoms with E-state index in [9.17, 15) is 0 Å². The lowest BCUT2D eigenvalue weighted by Crippen LogP contribution is -2.21. The molecule has 0 aromatic heterocycles. The number of rotatable bonds is 7. The Morgan fingerprint density at radius 2 is 2.05 bits per heavy atom. The second-order valence-electron chi connectivity index (χ2n) is 4.56. The molecule has 0 radical (unpaired) electrons. The lowest BCUT2D eigenvalue weighted by Gasteiger charge is -2.17. The lowest BCUT2D eigenvalue weighted by molar-refractivity contribution is 0.320. The Hall–Kier alpha value is -1.88. The van der Waals surface area contributed by atoms with Gasteiger partial charge in [0, 0.05) is 6.54 Å². The Balaban J connectivity index is 2.72. The molecule has 0 aliphatic heterocycles. The molecule has 0 unspecified atom stereocenters. The summed E-state index contributed by atoms with van der Waals surface area (Å²) in [6.07, 6.45) is 4.10. The van der Waals surface area contributed by atoms with Crippen LogP contribution >= 0.6 is 0 Å². The van der Waals surface area contributed by atoms with Gasteiger partial charge in [0.2, 0.25) is 5.96 Å². The molecule has 0 fully saturated rings. The summed E-state index contributed by atoms with van der Waals surface area (Å²) >= 11 is 0. The highest BCUT2D eigenvalue weighted by Gasteiger charge is 2.03. The van der Waals surface area contributed by atoms with Crippen LogP contribution in [0.15, 0.2) is 34.5 Å². The van der Waals surface area contributed by atoms with Crippen molar-refractivity contribution in [3.63, 3.8) is 0 Å². The molecule has 0 aliphatic carbocycles. The van der Waals surface area contributed by atoms with Crippen LogP contribution in [0.1, 0.15) is 30.9 Å². The number of hydrogen-bond donors (Lipinski definition) is 2. The molecule has 0 spiro atoms. The fourth-order valence-electron chi connectivity index (χ4n) is 1.76. The molecule has 5 heteroatoms. The molecule has 4 N–H and O–H groups in total. The zero-order valence-corrected chi connectivity index (χ0v) is 11.7. The second-order valence-corrected chi connectivity index (χ2v) is 4.56. The van der Waals surface area contributed by atoms with Gasteiger partial charge < -0.3 is 16.4 Å². The molecule has 0 aliphatic rings. The van der Waals surface area contributed by atoms with E-state index in [-0.39, 0.29) is 5.96 Å². The first-order valence-corrected chi connectivity index (χ1v) is 6.52. The summed E-state index contributed by atoms with van der Waals surface area (Å²) in [5.41, 5.74) is 12.7. The van der Waals surface area contributed by atoms with E-state index in [2.05, 4.69) is 35.1 Å². The summed E-state index contributed by atoms with van der Waals surface area (Å²) in [4.78, 5) is 2.30. The van der Waals surface area contributed by atoms with Crippen LogP contribution in [0.5, 0.6) is 0 Å². The first-order valence-electron chi connectivity index (χ1n) is 6.52. The van der Waals surface area contributed by atoms with Crippen molar-refractivity contribution >= 4 is 12.2 Å². The topological polar surface area (TPSA) is 80.0 Å². The van der Waals surface area contributed by atoms with E-state index >= 15 is 0 Å². The molecule has 1 aromatic rings. The third-order valence-corrected chi connectivity index (χ3v) is 2.76. The van der Waals surface area contributed by atoms with E-state index in [1.54, 1.807) is 6.21 Å². The van der Waals surface area contributed by atoms with Crippen LogP contribution in [0.2, 0.25) is 0 Å². The third kappa shape index (κ3) is 6.01. The van der Waals surface area contributed by atoms with Gasteiger partial charge in [-0.25, -0.2) is 0 Å². The number of nitrogens with two attached hydrogens (primary N) is 2. The maximum atomic E-state index is 5.24. The fraction of sp³-hybridized carbons (Fsp3) is 0.429. The monoisotopic (exact) mass is 261 g/mol. The van der Waals surface area contributed by atoms with Gasteiger partial charge >= 0.3 is 0 Å². The van der Waals surface area contributed by atoms with Gasteiger partial charge in [-0.15, -0.1) is 5.10 Å². The Kier molecular flexibility index (Phi) is 6.60. The maximum Gasteiger partial charge on any atom is 0.211 e. The van der Waals surface area contributed by atoms with Gasteiger partial charge in [-0.3, -0.25) is 0 Å². The van der Waals surface area contributed by atoms with Crippen LogP contribution in [0.25, 0.3) is 0 Å². The Morgan fingerprint density at radius 1 is 1.32 bits per heavy atom. The molecule has 1 rings (SSSR count). The van der Waals surface area contributed by atoms with Gasteiger partial charge in [0.05, 0.1) is 6.21 Å². The number of guanidine groups is 1. The molecule has 0 bridgehead atoms. The van der Waals surface area contributed by atoms with Crippen LogP contribution < -0.4 is 11.5 Å². The van der Waals surface area contributed by atoms with Crippen LogP contribution in [-0.4, -0.2) is 30.7 Å². The SMILES string of the molecule is CCCCN(C)Cc1ccccc1C=NN=C(N)N. The average molecular weight is 261 g/mol. The van der Waals surface area contributed by atoms with Crippen LogP contribution in [0, 0.1) is 0 Å². The molecule has 0 heterocycles. The third-order valence-electron chi connectivity index (χ3n) is 2.76. The normalized spacial score (nSPS) is 11.1. The molecular formula is C14H23N5. The number of benzene rings is 1. The fourth-order valence-corrected chi connectivity index (χ4v) is 1.76. The van der Waals surface area contributed by atoms with Gasteiger partial charge in [0.15, 0.2) is 0 Å². The average Bonchev–Trinajstić information content (AvgIpc) is 2.38. The molecule has 0 atom stereocenters. The summed E-state index contributed by atoms with van der Waals surface area (Å²) in [5.74, 6) is -0.0335. The first kappa shape index (κ1) is 15.2. The smallest absolute Gasteiger partial charge is 0.211 e. The second kappa shape index (κ2) is 8.26. The van der Waals surface area contributed by atoms with Gasteiger partial charge in [-0.2, -0.15) is 5.10 Å². The highest BCUT2D eigenvalue weighted by atomic mass is 15.3. The van der Waals surface area contributed by atoms with Crippen molar-refractivity contribution in [1.82, 2.24) is 4.90 Å². The van der Waals surface area contributed by atoms with Crippen molar-refractivity contribution in [2.45, 2.75) is 26.3 Å². The quantitative estimate of drug-likeness (QED) is 0.444. The van der Waals surface area contributed by atoms with E-state index in [1.165, 1.54) is 18.4 Å². The lowest BCUT2D eigenvalue weighted by atomic mass is 10.1. The predicted octanol–water partition coefficient (Wildman–Crippen LogP) is 1.53. The van der Waals surface area contributed by atoms with E-state index in [4.69, 9.17) is 11.5 Å². The molecular weight excluding hydrogens is 238 g/mol. The minimum Gasteiger partial charge on any atom is -0.369 e. The summed E-state index contributed by atoms with van der Waals surface area (Å²) in [6, 6.07) is 8.11. The van der Waals surface area contributed by atoms with E-state index in [0.717, 1.165) is 18.7 Å². The minimum absolute atomic E-state index is 0.0335. The van der Waals surface area contributed by atoms with Crippen molar-refractivity contribution in [1.29, 1.82) is 0 Å². The van der Waals surface area contributed by atoms with Gasteiger partial charge in [-0.1, -0.05) is 37.6 Å². The van der Waals surface area contributed by atoms with Crippen LogP contribution in [0.3, 0.4) is 0 Å². The Bertz CT molecular complexity index is 435. The summed E-state index contributed by atoms with van der Waals surface area (Å²) < 4.78 is 0. The van der Waals surface area contributed by atoms with Gasteiger partial charge in [-0.05, 0) is 31.1 Å². The molecule has 104 valence electrons. The Labute approximate surface area is 115 Å². The summed E-state index contributed by atoms with van der Waals surface area (Å²) in [7, 11) is 2.12. The molecule has 0 saturated heterocycles. The number of hydrogen-bond acceptors (Lipinski definition) is 3. The predicted molar refractivity (Wildman–Crippen MR) is 81.1 cm³/mol. The zero-order valence-electron chi connectivity index (χ0n) is 11.7. The summed E-state index contributed by atoms with van der Waals surface area (Å²) in [6.45, 7) is 4.18. The first-order chi connectivity index (χ1) is 9.13.